The fourth-order valence-corrected chi connectivity index (χ4v) is 3.10. The average Bonchev–Trinajstić information content (AvgIpc) is 3.28. The van der Waals surface area contributed by atoms with Gasteiger partial charge in [0.05, 0.1) is 18.9 Å². The van der Waals surface area contributed by atoms with E-state index in [9.17, 15) is 14.4 Å². The third-order valence-corrected chi connectivity index (χ3v) is 4.64. The number of hydrogen-bond donors (Lipinski definition) is 1. The summed E-state index contributed by atoms with van der Waals surface area (Å²) in [7, 11) is 1.33. The van der Waals surface area contributed by atoms with Crippen LogP contribution in [0.15, 0.2) is 47.1 Å². The molecule has 1 aliphatic rings. The van der Waals surface area contributed by atoms with Gasteiger partial charge in [-0.25, -0.2) is 4.79 Å². The van der Waals surface area contributed by atoms with Crippen molar-refractivity contribution in [3.05, 3.63) is 54.0 Å². The summed E-state index contributed by atoms with van der Waals surface area (Å²) in [5, 5.41) is 3.12. The van der Waals surface area contributed by atoms with E-state index in [2.05, 4.69) is 5.32 Å². The zero-order valence-corrected chi connectivity index (χ0v) is 15.7. The maximum absolute atomic E-state index is 12.4. The first-order chi connectivity index (χ1) is 13.6. The first-order valence-electron chi connectivity index (χ1n) is 9.12. The second-order valence-electron chi connectivity index (χ2n) is 6.36. The van der Waals surface area contributed by atoms with Gasteiger partial charge in [-0.3, -0.25) is 9.59 Å². The smallest absolute Gasteiger partial charge is 0.339 e. The summed E-state index contributed by atoms with van der Waals surface area (Å²) in [5.74, 6) is -0.258. The van der Waals surface area contributed by atoms with E-state index in [0.717, 1.165) is 0 Å². The molecule has 0 atom stereocenters. The number of esters is 1. The van der Waals surface area contributed by atoms with Crippen LogP contribution in [0.4, 0.5) is 5.69 Å². The molecule has 1 aliphatic heterocycles. The standard InChI is InChI=1S/C20H23N3O5/c1-27-20(26)15-5-2-3-6-16(15)21-9-8-18(24)22-10-12-23(13-11-22)19(25)17-7-4-14-28-17/h2-7,14,21H,8-13H2,1H3. The highest BCUT2D eigenvalue weighted by Gasteiger charge is 2.25. The Bertz CT molecular complexity index is 826. The number of carbonyl (C=O) groups excluding carboxylic acids is 3. The van der Waals surface area contributed by atoms with Crippen molar-refractivity contribution in [1.82, 2.24) is 9.80 Å². The maximum atomic E-state index is 12.4. The largest absolute Gasteiger partial charge is 0.465 e. The minimum Gasteiger partial charge on any atom is -0.465 e. The maximum Gasteiger partial charge on any atom is 0.339 e. The summed E-state index contributed by atoms with van der Waals surface area (Å²) >= 11 is 0. The SMILES string of the molecule is COC(=O)c1ccccc1NCCC(=O)N1CCN(C(=O)c2ccco2)CC1. The third-order valence-electron chi connectivity index (χ3n) is 4.64. The minimum atomic E-state index is -0.424. The van der Waals surface area contributed by atoms with Crippen LogP contribution in [0.3, 0.4) is 0 Å². The molecule has 2 aromatic rings. The molecular formula is C20H23N3O5. The molecular weight excluding hydrogens is 362 g/mol. The molecule has 0 radical (unpaired) electrons. The molecule has 1 N–H and O–H groups in total. The van der Waals surface area contributed by atoms with Crippen molar-refractivity contribution < 1.29 is 23.5 Å². The number of ether oxygens (including phenoxy) is 1. The molecule has 0 bridgehead atoms. The number of nitrogens with one attached hydrogen (secondary N) is 1. The quantitative estimate of drug-likeness (QED) is 0.763. The number of piperazine rings is 1. The number of nitrogens with zero attached hydrogens (tertiary/aromatic N) is 2. The fraction of sp³-hybridized carbons (Fsp3) is 0.350. The Labute approximate surface area is 163 Å². The molecule has 8 heteroatoms. The van der Waals surface area contributed by atoms with Crippen LogP contribution in [0, 0.1) is 0 Å². The van der Waals surface area contributed by atoms with Crippen molar-refractivity contribution in [1.29, 1.82) is 0 Å². The monoisotopic (exact) mass is 385 g/mol. The molecule has 28 heavy (non-hydrogen) atoms. The van der Waals surface area contributed by atoms with Gasteiger partial charge in [-0.2, -0.15) is 0 Å². The Balaban J connectivity index is 1.45. The predicted molar refractivity (Wildman–Crippen MR) is 102 cm³/mol. The van der Waals surface area contributed by atoms with Gasteiger partial charge in [0.25, 0.3) is 5.91 Å². The van der Waals surface area contributed by atoms with E-state index in [1.807, 2.05) is 6.07 Å². The molecule has 1 saturated heterocycles. The van der Waals surface area contributed by atoms with Crippen molar-refractivity contribution in [2.45, 2.75) is 6.42 Å². The highest BCUT2D eigenvalue weighted by molar-refractivity contribution is 5.95. The van der Waals surface area contributed by atoms with Crippen molar-refractivity contribution in [2.24, 2.45) is 0 Å². The Morgan fingerprint density at radius 3 is 2.43 bits per heavy atom. The van der Waals surface area contributed by atoms with Crippen LogP contribution in [-0.4, -0.2) is 67.4 Å². The topological polar surface area (TPSA) is 92.1 Å². The van der Waals surface area contributed by atoms with E-state index in [1.165, 1.54) is 13.4 Å². The van der Waals surface area contributed by atoms with Crippen LogP contribution in [0.2, 0.25) is 0 Å². The van der Waals surface area contributed by atoms with Crippen molar-refractivity contribution in [2.75, 3.05) is 45.2 Å². The van der Waals surface area contributed by atoms with Gasteiger partial charge in [0.1, 0.15) is 0 Å². The Morgan fingerprint density at radius 2 is 1.75 bits per heavy atom. The van der Waals surface area contributed by atoms with Crippen molar-refractivity contribution in [3.63, 3.8) is 0 Å². The minimum absolute atomic E-state index is 0.00754. The van der Waals surface area contributed by atoms with Gasteiger partial charge < -0.3 is 24.3 Å². The van der Waals surface area contributed by atoms with E-state index >= 15 is 0 Å². The fourth-order valence-electron chi connectivity index (χ4n) is 3.10. The Hall–Kier alpha value is -3.29. The van der Waals surface area contributed by atoms with E-state index in [1.54, 1.807) is 40.1 Å². The Morgan fingerprint density at radius 1 is 1.04 bits per heavy atom. The number of methoxy groups -OCH3 is 1. The van der Waals surface area contributed by atoms with E-state index in [0.29, 0.717) is 56.2 Å². The highest BCUT2D eigenvalue weighted by atomic mass is 16.5. The molecule has 8 nitrogen and oxygen atoms in total. The number of benzene rings is 1. The van der Waals surface area contributed by atoms with Gasteiger partial charge in [-0.1, -0.05) is 12.1 Å². The van der Waals surface area contributed by atoms with E-state index < -0.39 is 5.97 Å². The van der Waals surface area contributed by atoms with Gasteiger partial charge in [-0.15, -0.1) is 0 Å². The molecule has 0 aliphatic carbocycles. The zero-order chi connectivity index (χ0) is 19.9. The van der Waals surface area contributed by atoms with Gasteiger partial charge in [0.2, 0.25) is 5.91 Å². The highest BCUT2D eigenvalue weighted by Crippen LogP contribution is 2.16. The van der Waals surface area contributed by atoms with Crippen LogP contribution in [0.1, 0.15) is 27.3 Å². The predicted octanol–water partition coefficient (Wildman–Crippen LogP) is 1.85. The van der Waals surface area contributed by atoms with Gasteiger partial charge in [0.15, 0.2) is 5.76 Å². The lowest BCUT2D eigenvalue weighted by Crippen LogP contribution is -2.50. The lowest BCUT2D eigenvalue weighted by molar-refractivity contribution is -0.132. The number of anilines is 1. The van der Waals surface area contributed by atoms with Crippen LogP contribution >= 0.6 is 0 Å². The molecule has 3 rings (SSSR count). The van der Waals surface area contributed by atoms with Crippen LogP contribution in [0.5, 0.6) is 0 Å². The summed E-state index contributed by atoms with van der Waals surface area (Å²) in [6.07, 6.45) is 1.76. The number of amides is 2. The number of rotatable bonds is 6. The third kappa shape index (κ3) is 4.51. The molecule has 0 saturated carbocycles. The summed E-state index contributed by atoms with van der Waals surface area (Å²) in [6, 6.07) is 10.3. The molecule has 2 heterocycles. The van der Waals surface area contributed by atoms with Gasteiger partial charge in [-0.05, 0) is 24.3 Å². The molecule has 2 amide bonds. The van der Waals surface area contributed by atoms with Crippen LogP contribution in [0.25, 0.3) is 0 Å². The molecule has 0 unspecified atom stereocenters. The number of carbonyl (C=O) groups is 3. The first kappa shape index (κ1) is 19.5. The Kier molecular flexibility index (Phi) is 6.31. The van der Waals surface area contributed by atoms with E-state index in [-0.39, 0.29) is 11.8 Å². The normalized spacial score (nSPS) is 13.9. The van der Waals surface area contributed by atoms with Crippen molar-refractivity contribution >= 4 is 23.5 Å². The summed E-state index contributed by atoms with van der Waals surface area (Å²) in [6.45, 7) is 2.33. The zero-order valence-electron chi connectivity index (χ0n) is 15.7. The molecule has 1 fully saturated rings. The van der Waals surface area contributed by atoms with Gasteiger partial charge >= 0.3 is 5.97 Å². The summed E-state index contributed by atoms with van der Waals surface area (Å²) in [5.41, 5.74) is 1.07. The number of hydrogen-bond acceptors (Lipinski definition) is 6. The molecule has 1 aromatic carbocycles. The first-order valence-corrected chi connectivity index (χ1v) is 9.12. The second kappa shape index (κ2) is 9.07. The van der Waals surface area contributed by atoms with Crippen molar-refractivity contribution in [3.8, 4) is 0 Å². The number of furan rings is 1. The lowest BCUT2D eigenvalue weighted by Gasteiger charge is -2.34. The van der Waals surface area contributed by atoms with Crippen LogP contribution < -0.4 is 5.32 Å². The number of para-hydroxylation sites is 1. The van der Waals surface area contributed by atoms with Crippen LogP contribution in [-0.2, 0) is 9.53 Å². The summed E-state index contributed by atoms with van der Waals surface area (Å²) < 4.78 is 9.90. The molecule has 0 spiro atoms. The summed E-state index contributed by atoms with van der Waals surface area (Å²) in [4.78, 5) is 39.9. The van der Waals surface area contributed by atoms with E-state index in [4.69, 9.17) is 9.15 Å². The lowest BCUT2D eigenvalue weighted by atomic mass is 10.1. The molecule has 1 aromatic heterocycles. The molecule has 148 valence electrons. The van der Waals surface area contributed by atoms with Gasteiger partial charge in [0, 0.05) is 44.8 Å². The average molecular weight is 385 g/mol. The second-order valence-corrected chi connectivity index (χ2v) is 6.36.